The molecule has 0 radical (unpaired) electrons. The third-order valence-corrected chi connectivity index (χ3v) is 3.15. The van der Waals surface area contributed by atoms with E-state index in [1.807, 2.05) is 6.07 Å². The Balaban J connectivity index is 2.12. The second-order valence-electron chi connectivity index (χ2n) is 4.51. The topological polar surface area (TPSA) is 20.3 Å². The lowest BCUT2D eigenvalue weighted by Gasteiger charge is -2.36. The fourth-order valence-electron chi connectivity index (χ4n) is 2.20. The monoisotopic (exact) mass is 257 g/mol. The Labute approximate surface area is 103 Å². The number of piperidine rings is 1. The first-order valence-corrected chi connectivity index (χ1v) is 5.83. The van der Waals surface area contributed by atoms with E-state index in [1.54, 1.807) is 24.3 Å². The van der Waals surface area contributed by atoms with Crippen LogP contribution < -0.4 is 0 Å². The van der Waals surface area contributed by atoms with E-state index in [-0.39, 0.29) is 25.3 Å². The van der Waals surface area contributed by atoms with E-state index in [0.717, 1.165) is 5.56 Å². The second-order valence-corrected chi connectivity index (χ2v) is 4.51. The van der Waals surface area contributed by atoms with Crippen LogP contribution in [-0.4, -0.2) is 29.4 Å². The lowest BCUT2D eigenvalue weighted by molar-refractivity contribution is -0.193. The first-order valence-electron chi connectivity index (χ1n) is 5.83. The summed E-state index contributed by atoms with van der Waals surface area (Å²) in [7, 11) is 0. The molecule has 1 aliphatic rings. The number of benzene rings is 1. The van der Waals surface area contributed by atoms with Gasteiger partial charge < -0.3 is 0 Å². The Hall–Kier alpha value is -1.36. The smallest absolute Gasteiger partial charge is 0.300 e. The molecular formula is C13H14F3NO. The Kier molecular flexibility index (Phi) is 3.71. The molecular weight excluding hydrogens is 243 g/mol. The summed E-state index contributed by atoms with van der Waals surface area (Å²) in [6.45, 7) is 0.413. The fraction of sp³-hybridized carbons (Fsp3) is 0.462. The molecule has 1 saturated heterocycles. The van der Waals surface area contributed by atoms with Crippen LogP contribution in [0.5, 0.6) is 0 Å². The Morgan fingerprint density at radius 1 is 1.22 bits per heavy atom. The van der Waals surface area contributed by atoms with Crippen molar-refractivity contribution in [2.45, 2.75) is 31.6 Å². The molecule has 1 atom stereocenters. The van der Waals surface area contributed by atoms with Crippen molar-refractivity contribution < 1.29 is 18.0 Å². The molecule has 98 valence electrons. The number of nitrogens with zero attached hydrogens (tertiary/aromatic N) is 1. The van der Waals surface area contributed by atoms with Gasteiger partial charge in [0.25, 0.3) is 0 Å². The van der Waals surface area contributed by atoms with Crippen molar-refractivity contribution in [3.05, 3.63) is 35.9 Å². The van der Waals surface area contributed by atoms with Gasteiger partial charge in [-0.2, -0.15) is 13.2 Å². The van der Waals surface area contributed by atoms with Gasteiger partial charge in [0.2, 0.25) is 0 Å². The lowest BCUT2D eigenvalue weighted by Crippen LogP contribution is -2.50. The van der Waals surface area contributed by atoms with E-state index in [4.69, 9.17) is 0 Å². The number of Topliss-reactive ketones (excluding diaryl/α,β-unsaturated/α-hetero) is 1. The SMILES string of the molecule is O=C1CCN(Cc2ccccc2)[C@H](C(F)(F)F)C1. The molecule has 1 fully saturated rings. The van der Waals surface area contributed by atoms with Gasteiger partial charge in [-0.15, -0.1) is 0 Å². The van der Waals surface area contributed by atoms with Gasteiger partial charge in [0.15, 0.2) is 0 Å². The molecule has 1 aromatic rings. The van der Waals surface area contributed by atoms with E-state index in [0.29, 0.717) is 0 Å². The third kappa shape index (κ3) is 3.10. The van der Waals surface area contributed by atoms with Crippen LogP contribution in [0.3, 0.4) is 0 Å². The number of carbonyl (C=O) groups excluding carboxylic acids is 1. The molecule has 0 amide bonds. The number of likely N-dealkylation sites (tertiary alicyclic amines) is 1. The van der Waals surface area contributed by atoms with Gasteiger partial charge in [0.1, 0.15) is 11.8 Å². The van der Waals surface area contributed by atoms with Crippen LogP contribution in [0, 0.1) is 0 Å². The van der Waals surface area contributed by atoms with Crippen LogP contribution >= 0.6 is 0 Å². The number of ketones is 1. The molecule has 1 aliphatic heterocycles. The van der Waals surface area contributed by atoms with Gasteiger partial charge in [-0.1, -0.05) is 30.3 Å². The van der Waals surface area contributed by atoms with E-state index in [1.165, 1.54) is 4.90 Å². The van der Waals surface area contributed by atoms with Crippen LogP contribution in [0.1, 0.15) is 18.4 Å². The van der Waals surface area contributed by atoms with Crippen molar-refractivity contribution in [3.8, 4) is 0 Å². The maximum absolute atomic E-state index is 12.9. The minimum atomic E-state index is -4.34. The summed E-state index contributed by atoms with van der Waals surface area (Å²) >= 11 is 0. The minimum absolute atomic E-state index is 0.178. The summed E-state index contributed by atoms with van der Waals surface area (Å²) in [6.07, 6.45) is -4.55. The second kappa shape index (κ2) is 5.10. The van der Waals surface area contributed by atoms with Crippen molar-refractivity contribution >= 4 is 5.78 Å². The Morgan fingerprint density at radius 3 is 2.50 bits per heavy atom. The summed E-state index contributed by atoms with van der Waals surface area (Å²) in [6, 6.07) is 7.37. The zero-order valence-electron chi connectivity index (χ0n) is 9.78. The Bertz CT molecular complexity index is 416. The largest absolute Gasteiger partial charge is 0.404 e. The van der Waals surface area contributed by atoms with Crippen molar-refractivity contribution in [1.82, 2.24) is 4.90 Å². The number of halogens is 3. The summed E-state index contributed by atoms with van der Waals surface area (Å²) in [5.41, 5.74) is 0.834. The third-order valence-electron chi connectivity index (χ3n) is 3.15. The van der Waals surface area contributed by atoms with Gasteiger partial charge in [-0.3, -0.25) is 9.69 Å². The van der Waals surface area contributed by atoms with Crippen LogP contribution in [0.15, 0.2) is 30.3 Å². The first-order chi connectivity index (χ1) is 8.47. The number of hydrogen-bond donors (Lipinski definition) is 0. The highest BCUT2D eigenvalue weighted by molar-refractivity contribution is 5.80. The molecule has 0 aromatic heterocycles. The number of rotatable bonds is 2. The molecule has 1 aromatic carbocycles. The van der Waals surface area contributed by atoms with Crippen molar-refractivity contribution in [3.63, 3.8) is 0 Å². The average Bonchev–Trinajstić information content (AvgIpc) is 2.31. The van der Waals surface area contributed by atoms with Gasteiger partial charge in [-0.25, -0.2) is 0 Å². The van der Waals surface area contributed by atoms with Crippen LogP contribution in [0.2, 0.25) is 0 Å². The highest BCUT2D eigenvalue weighted by atomic mass is 19.4. The molecule has 0 spiro atoms. The molecule has 1 heterocycles. The highest BCUT2D eigenvalue weighted by Gasteiger charge is 2.46. The number of carbonyl (C=O) groups is 1. The number of alkyl halides is 3. The standard InChI is InChI=1S/C13H14F3NO/c14-13(15,16)12-8-11(18)6-7-17(12)9-10-4-2-1-3-5-10/h1-5,12H,6-9H2/t12-/m0/s1. The number of hydrogen-bond acceptors (Lipinski definition) is 2. The predicted octanol–water partition coefficient (Wildman–Crippen LogP) is 2.78. The molecule has 5 heteroatoms. The van der Waals surface area contributed by atoms with Gasteiger partial charge in [-0.05, 0) is 5.56 Å². The molecule has 0 aliphatic carbocycles. The summed E-state index contributed by atoms with van der Waals surface area (Å²) in [5.74, 6) is -0.304. The summed E-state index contributed by atoms with van der Waals surface area (Å²) in [4.78, 5) is 12.5. The molecule has 0 saturated carbocycles. The van der Waals surface area contributed by atoms with Gasteiger partial charge in [0, 0.05) is 25.9 Å². The maximum Gasteiger partial charge on any atom is 0.404 e. The minimum Gasteiger partial charge on any atom is -0.300 e. The fourth-order valence-corrected chi connectivity index (χ4v) is 2.20. The van der Waals surface area contributed by atoms with Crippen LogP contribution in [0.25, 0.3) is 0 Å². The predicted molar refractivity (Wildman–Crippen MR) is 60.9 cm³/mol. The zero-order chi connectivity index (χ0) is 13.2. The van der Waals surface area contributed by atoms with Gasteiger partial charge >= 0.3 is 6.18 Å². The maximum atomic E-state index is 12.9. The van der Waals surface area contributed by atoms with E-state index in [2.05, 4.69) is 0 Å². The van der Waals surface area contributed by atoms with E-state index in [9.17, 15) is 18.0 Å². The molecule has 0 N–H and O–H groups in total. The molecule has 18 heavy (non-hydrogen) atoms. The lowest BCUT2D eigenvalue weighted by atomic mass is 9.99. The first kappa shape index (κ1) is 13.1. The summed E-state index contributed by atoms with van der Waals surface area (Å²) < 4.78 is 38.6. The summed E-state index contributed by atoms with van der Waals surface area (Å²) in [5, 5.41) is 0. The molecule has 2 rings (SSSR count). The van der Waals surface area contributed by atoms with Crippen molar-refractivity contribution in [2.75, 3.05) is 6.54 Å². The average molecular weight is 257 g/mol. The molecule has 2 nitrogen and oxygen atoms in total. The van der Waals surface area contributed by atoms with E-state index < -0.39 is 18.6 Å². The van der Waals surface area contributed by atoms with Crippen molar-refractivity contribution in [2.24, 2.45) is 0 Å². The normalized spacial score (nSPS) is 22.2. The Morgan fingerprint density at radius 2 is 1.89 bits per heavy atom. The van der Waals surface area contributed by atoms with E-state index >= 15 is 0 Å². The molecule has 0 unspecified atom stereocenters. The molecule has 0 bridgehead atoms. The zero-order valence-corrected chi connectivity index (χ0v) is 9.78. The van der Waals surface area contributed by atoms with Crippen LogP contribution in [0.4, 0.5) is 13.2 Å². The van der Waals surface area contributed by atoms with Gasteiger partial charge in [0.05, 0.1) is 0 Å². The van der Waals surface area contributed by atoms with Crippen molar-refractivity contribution in [1.29, 1.82) is 0 Å². The highest BCUT2D eigenvalue weighted by Crippen LogP contribution is 2.31. The quantitative estimate of drug-likeness (QED) is 0.812. The van der Waals surface area contributed by atoms with Crippen LogP contribution in [-0.2, 0) is 11.3 Å².